The summed E-state index contributed by atoms with van der Waals surface area (Å²) in [6.45, 7) is 1.46. The van der Waals surface area contributed by atoms with Crippen LogP contribution in [0.25, 0.3) is 0 Å². The van der Waals surface area contributed by atoms with Crippen molar-refractivity contribution in [2.24, 2.45) is 5.41 Å². The predicted octanol–water partition coefficient (Wildman–Crippen LogP) is 0.917. The molecule has 7 nitrogen and oxygen atoms in total. The number of aliphatic hydroxyl groups is 2. The van der Waals surface area contributed by atoms with E-state index in [9.17, 15) is 9.90 Å². The van der Waals surface area contributed by atoms with Crippen LogP contribution in [0.15, 0.2) is 10.8 Å². The first-order valence-corrected chi connectivity index (χ1v) is 8.79. The second-order valence-corrected chi connectivity index (χ2v) is 7.20. The van der Waals surface area contributed by atoms with Gasteiger partial charge in [0.15, 0.2) is 12.1 Å². The fourth-order valence-electron chi connectivity index (χ4n) is 4.14. The van der Waals surface area contributed by atoms with Gasteiger partial charge in [-0.25, -0.2) is 4.98 Å². The Morgan fingerprint density at radius 3 is 2.79 bits per heavy atom. The zero-order valence-corrected chi connectivity index (χ0v) is 13.7. The number of aromatic nitrogens is 1. The predicted molar refractivity (Wildman–Crippen MR) is 83.5 cm³/mol. The highest BCUT2D eigenvalue weighted by atomic mass is 16.5. The highest BCUT2D eigenvalue weighted by molar-refractivity contribution is 5.93. The number of aliphatic hydroxyl groups excluding tert-OH is 2. The minimum Gasteiger partial charge on any atom is -0.447 e. The summed E-state index contributed by atoms with van der Waals surface area (Å²) in [5.41, 5.74) is 0.186. The Morgan fingerprint density at radius 2 is 2.17 bits per heavy atom. The van der Waals surface area contributed by atoms with Crippen LogP contribution in [0.1, 0.15) is 54.3 Å². The Balaban J connectivity index is 1.40. The zero-order valence-electron chi connectivity index (χ0n) is 13.7. The van der Waals surface area contributed by atoms with Crippen molar-refractivity contribution >= 4 is 5.91 Å². The summed E-state index contributed by atoms with van der Waals surface area (Å²) in [7, 11) is 0. The minimum atomic E-state index is -0.382. The Hall–Kier alpha value is -1.44. The molecule has 2 atom stereocenters. The highest BCUT2D eigenvalue weighted by Gasteiger charge is 2.56. The molecule has 0 unspecified atom stereocenters. The number of likely N-dealkylation sites (tertiary alicyclic amines) is 1. The third-order valence-corrected chi connectivity index (χ3v) is 5.88. The van der Waals surface area contributed by atoms with Crippen LogP contribution in [0.3, 0.4) is 0 Å². The lowest BCUT2D eigenvalue weighted by atomic mass is 9.58. The van der Waals surface area contributed by atoms with Crippen molar-refractivity contribution in [3.05, 3.63) is 17.8 Å². The number of hydrogen-bond donors (Lipinski definition) is 2. The van der Waals surface area contributed by atoms with Crippen molar-refractivity contribution in [2.45, 2.75) is 50.2 Å². The van der Waals surface area contributed by atoms with Crippen LogP contribution in [0.2, 0.25) is 0 Å². The number of amides is 1. The number of rotatable bonds is 5. The van der Waals surface area contributed by atoms with Crippen molar-refractivity contribution in [3.8, 4) is 0 Å². The average Bonchev–Trinajstić information content (AvgIpc) is 3.34. The van der Waals surface area contributed by atoms with E-state index in [1.165, 1.54) is 6.39 Å². The molecule has 132 valence electrons. The largest absolute Gasteiger partial charge is 0.447 e. The topological polar surface area (TPSA) is 96.0 Å². The van der Waals surface area contributed by atoms with E-state index in [0.29, 0.717) is 50.6 Å². The van der Waals surface area contributed by atoms with Crippen molar-refractivity contribution < 1.29 is 24.2 Å². The number of hydrogen-bond acceptors (Lipinski definition) is 6. The van der Waals surface area contributed by atoms with Crippen LogP contribution in [-0.4, -0.2) is 64.5 Å². The van der Waals surface area contributed by atoms with E-state index in [2.05, 4.69) is 4.98 Å². The number of nitrogens with zero attached hydrogens (tertiary/aromatic N) is 2. The Kier molecular flexibility index (Phi) is 4.10. The molecular formula is C17H24N2O5. The van der Waals surface area contributed by atoms with Gasteiger partial charge in [-0.05, 0) is 25.7 Å². The molecule has 1 spiro atoms. The normalized spacial score (nSPS) is 28.8. The summed E-state index contributed by atoms with van der Waals surface area (Å²) < 4.78 is 11.1. The fraction of sp³-hybridized carbons (Fsp3) is 0.765. The first-order chi connectivity index (χ1) is 11.7. The summed E-state index contributed by atoms with van der Waals surface area (Å²) in [4.78, 5) is 18.7. The van der Waals surface area contributed by atoms with E-state index in [1.807, 2.05) is 4.90 Å². The van der Waals surface area contributed by atoms with E-state index in [1.54, 1.807) is 0 Å². The van der Waals surface area contributed by atoms with Crippen LogP contribution < -0.4 is 0 Å². The molecule has 1 aliphatic heterocycles. The van der Waals surface area contributed by atoms with Gasteiger partial charge in [-0.1, -0.05) is 0 Å². The first-order valence-electron chi connectivity index (χ1n) is 8.79. The summed E-state index contributed by atoms with van der Waals surface area (Å²) in [5.74, 6) is 1.02. The molecule has 0 radical (unpaired) electrons. The van der Waals surface area contributed by atoms with Crippen molar-refractivity contribution in [3.63, 3.8) is 0 Å². The average molecular weight is 336 g/mol. The van der Waals surface area contributed by atoms with Crippen LogP contribution >= 0.6 is 0 Å². The minimum absolute atomic E-state index is 0.0105. The maximum Gasteiger partial charge on any atom is 0.276 e. The smallest absolute Gasteiger partial charge is 0.276 e. The molecule has 4 rings (SSSR count). The van der Waals surface area contributed by atoms with Gasteiger partial charge < -0.3 is 24.3 Å². The van der Waals surface area contributed by atoms with Gasteiger partial charge >= 0.3 is 0 Å². The number of oxazole rings is 1. The van der Waals surface area contributed by atoms with Crippen molar-refractivity contribution in [2.75, 3.05) is 26.3 Å². The Morgan fingerprint density at radius 1 is 1.42 bits per heavy atom. The molecule has 3 aliphatic rings. The molecule has 3 fully saturated rings. The lowest BCUT2D eigenvalue weighted by Gasteiger charge is -2.56. The van der Waals surface area contributed by atoms with Crippen LogP contribution in [0.4, 0.5) is 0 Å². The number of ether oxygens (including phenoxy) is 1. The number of carbonyl (C=O) groups is 1. The lowest BCUT2D eigenvalue weighted by molar-refractivity contribution is -0.211. The first kappa shape index (κ1) is 16.1. The molecule has 2 aliphatic carbocycles. The second-order valence-electron chi connectivity index (χ2n) is 7.20. The molecule has 2 heterocycles. The van der Waals surface area contributed by atoms with E-state index in [-0.39, 0.29) is 30.1 Å². The summed E-state index contributed by atoms with van der Waals surface area (Å²) in [6.07, 6.45) is 5.13. The van der Waals surface area contributed by atoms with E-state index >= 15 is 0 Å². The zero-order chi connectivity index (χ0) is 16.7. The van der Waals surface area contributed by atoms with Gasteiger partial charge in [-0.2, -0.15) is 0 Å². The van der Waals surface area contributed by atoms with Gasteiger partial charge in [-0.15, -0.1) is 0 Å². The maximum absolute atomic E-state index is 12.7. The molecule has 7 heteroatoms. The molecule has 1 amide bonds. The molecule has 0 bridgehead atoms. The van der Waals surface area contributed by atoms with Crippen LogP contribution in [0.5, 0.6) is 0 Å². The molecule has 24 heavy (non-hydrogen) atoms. The third kappa shape index (κ3) is 2.55. The van der Waals surface area contributed by atoms with Crippen LogP contribution in [-0.2, 0) is 4.74 Å². The van der Waals surface area contributed by atoms with Gasteiger partial charge in [0.05, 0.1) is 25.4 Å². The summed E-state index contributed by atoms with van der Waals surface area (Å²) in [5, 5.41) is 19.2. The quantitative estimate of drug-likeness (QED) is 0.830. The number of carbonyl (C=O) groups excluding carboxylic acids is 1. The third-order valence-electron chi connectivity index (χ3n) is 5.88. The number of piperidine rings is 1. The molecule has 1 aromatic heterocycles. The molecular weight excluding hydrogens is 312 g/mol. The lowest BCUT2D eigenvalue weighted by Crippen LogP contribution is -2.62. The van der Waals surface area contributed by atoms with Crippen LogP contribution in [0, 0.1) is 5.41 Å². The Labute approximate surface area is 140 Å². The van der Waals surface area contributed by atoms with Crippen molar-refractivity contribution in [1.82, 2.24) is 9.88 Å². The van der Waals surface area contributed by atoms with Crippen molar-refractivity contribution in [1.29, 1.82) is 0 Å². The molecule has 0 aromatic carbocycles. The van der Waals surface area contributed by atoms with E-state index < -0.39 is 0 Å². The van der Waals surface area contributed by atoms with E-state index in [4.69, 9.17) is 14.3 Å². The maximum atomic E-state index is 12.7. The summed E-state index contributed by atoms with van der Waals surface area (Å²) >= 11 is 0. The highest BCUT2D eigenvalue weighted by Crippen LogP contribution is 2.51. The molecule has 1 saturated heterocycles. The molecule has 2 N–H and O–H groups in total. The van der Waals surface area contributed by atoms with Gasteiger partial charge in [0.2, 0.25) is 0 Å². The van der Waals surface area contributed by atoms with Gasteiger partial charge in [0.1, 0.15) is 5.76 Å². The monoisotopic (exact) mass is 336 g/mol. The van der Waals surface area contributed by atoms with Gasteiger partial charge in [-0.3, -0.25) is 4.79 Å². The van der Waals surface area contributed by atoms with Gasteiger partial charge in [0, 0.05) is 30.8 Å². The van der Waals surface area contributed by atoms with Gasteiger partial charge in [0.25, 0.3) is 5.91 Å². The SMILES string of the molecule is O=C(c1ncoc1C1CC1)N1CCC2(CC1)[C@H](O)C[C@@H]2OCCO. The molecule has 1 aromatic rings. The molecule has 2 saturated carbocycles. The second kappa shape index (κ2) is 6.13. The Bertz CT molecular complexity index is 604. The van der Waals surface area contributed by atoms with E-state index in [0.717, 1.165) is 18.6 Å². The standard InChI is InChI=1S/C17H24N2O5/c20-7-8-23-13-9-12(21)17(13)3-5-19(6-4-17)16(22)14-15(11-1-2-11)24-10-18-14/h10-13,20-21H,1-9H2/t12-,13+/m1/s1. The fourth-order valence-corrected chi connectivity index (χ4v) is 4.14. The summed E-state index contributed by atoms with van der Waals surface area (Å²) in [6, 6.07) is 0.